The number of hydrogen-bond acceptors (Lipinski definition) is 3. The molecule has 0 fully saturated rings. The second-order valence-electron chi connectivity index (χ2n) is 4.89. The summed E-state index contributed by atoms with van der Waals surface area (Å²) in [6.07, 6.45) is 9.07. The number of rotatable bonds is 2. The zero-order valence-electron chi connectivity index (χ0n) is 11.5. The van der Waals surface area contributed by atoms with Gasteiger partial charge in [-0.25, -0.2) is 9.97 Å². The molecule has 0 N–H and O–H groups in total. The first-order valence-electron chi connectivity index (χ1n) is 6.80. The van der Waals surface area contributed by atoms with Crippen molar-refractivity contribution in [2.75, 3.05) is 0 Å². The van der Waals surface area contributed by atoms with Gasteiger partial charge in [0.15, 0.2) is 0 Å². The monoisotopic (exact) mass is 350 g/mol. The Balaban J connectivity index is 2.04. The van der Waals surface area contributed by atoms with Crippen LogP contribution in [0.5, 0.6) is 0 Å². The van der Waals surface area contributed by atoms with E-state index < -0.39 is 0 Å². The lowest BCUT2D eigenvalue weighted by Gasteiger charge is -2.11. The van der Waals surface area contributed by atoms with E-state index in [1.165, 1.54) is 0 Å². The lowest BCUT2D eigenvalue weighted by Crippen LogP contribution is -1.96. The van der Waals surface area contributed by atoms with Crippen molar-refractivity contribution < 1.29 is 0 Å². The van der Waals surface area contributed by atoms with Crippen molar-refractivity contribution in [1.82, 2.24) is 19.5 Å². The van der Waals surface area contributed by atoms with E-state index in [1.54, 1.807) is 24.9 Å². The summed E-state index contributed by atoms with van der Waals surface area (Å²) >= 11 is 3.52. The number of fused-ring (bicyclic) bond motifs is 1. The molecule has 22 heavy (non-hydrogen) atoms. The SMILES string of the molecule is Brc1ccc2c(-n3ccnc3)cc(-c3ccncc3)nc2c1. The predicted octanol–water partition coefficient (Wildman–Crippen LogP) is 4.25. The van der Waals surface area contributed by atoms with E-state index in [2.05, 4.69) is 38.0 Å². The molecule has 0 unspecified atom stereocenters. The molecule has 3 heterocycles. The molecule has 4 aromatic rings. The summed E-state index contributed by atoms with van der Waals surface area (Å²) in [5, 5.41) is 1.08. The molecule has 0 bridgehead atoms. The smallest absolute Gasteiger partial charge is 0.0991 e. The van der Waals surface area contributed by atoms with Gasteiger partial charge in [-0.3, -0.25) is 4.98 Å². The minimum absolute atomic E-state index is 0.914. The Labute approximate surface area is 135 Å². The van der Waals surface area contributed by atoms with Crippen LogP contribution >= 0.6 is 15.9 Å². The number of benzene rings is 1. The molecule has 0 spiro atoms. The molecule has 0 atom stereocenters. The highest BCUT2D eigenvalue weighted by Gasteiger charge is 2.09. The maximum absolute atomic E-state index is 4.79. The molecule has 3 aromatic heterocycles. The number of nitrogens with zero attached hydrogens (tertiary/aromatic N) is 4. The standard InChI is InChI=1S/C17H11BrN4/c18-13-1-2-14-16(9-13)21-15(12-3-5-19-6-4-12)10-17(14)22-8-7-20-11-22/h1-11H. The van der Waals surface area contributed by atoms with E-state index in [9.17, 15) is 0 Å². The number of imidazole rings is 1. The number of aromatic nitrogens is 4. The normalized spacial score (nSPS) is 11.0. The summed E-state index contributed by atoms with van der Waals surface area (Å²) < 4.78 is 3.01. The Hall–Kier alpha value is -2.53. The van der Waals surface area contributed by atoms with Crippen LogP contribution in [0.4, 0.5) is 0 Å². The van der Waals surface area contributed by atoms with Crippen molar-refractivity contribution in [3.05, 3.63) is 72.0 Å². The maximum Gasteiger partial charge on any atom is 0.0991 e. The molecule has 0 radical (unpaired) electrons. The maximum atomic E-state index is 4.79. The second-order valence-corrected chi connectivity index (χ2v) is 5.81. The van der Waals surface area contributed by atoms with Gasteiger partial charge in [-0.05, 0) is 36.4 Å². The number of halogens is 1. The number of hydrogen-bond donors (Lipinski definition) is 0. The van der Waals surface area contributed by atoms with Crippen molar-refractivity contribution in [1.29, 1.82) is 0 Å². The van der Waals surface area contributed by atoms with Crippen LogP contribution in [-0.2, 0) is 0 Å². The molecular weight excluding hydrogens is 340 g/mol. The summed E-state index contributed by atoms with van der Waals surface area (Å²) in [6, 6.07) is 12.1. The first-order chi connectivity index (χ1) is 10.8. The van der Waals surface area contributed by atoms with E-state index in [0.717, 1.165) is 32.3 Å². The molecule has 0 aliphatic heterocycles. The quantitative estimate of drug-likeness (QED) is 0.542. The molecule has 4 nitrogen and oxygen atoms in total. The fourth-order valence-corrected chi connectivity index (χ4v) is 2.82. The highest BCUT2D eigenvalue weighted by atomic mass is 79.9. The first-order valence-corrected chi connectivity index (χ1v) is 7.59. The van der Waals surface area contributed by atoms with Crippen LogP contribution in [-0.4, -0.2) is 19.5 Å². The summed E-state index contributed by atoms with van der Waals surface area (Å²) in [7, 11) is 0. The molecule has 4 rings (SSSR count). The van der Waals surface area contributed by atoms with Crippen molar-refractivity contribution >= 4 is 26.8 Å². The fraction of sp³-hybridized carbons (Fsp3) is 0. The molecule has 5 heteroatoms. The van der Waals surface area contributed by atoms with Crippen LogP contribution in [0.15, 0.2) is 72.0 Å². The van der Waals surface area contributed by atoms with Gasteiger partial charge in [-0.15, -0.1) is 0 Å². The van der Waals surface area contributed by atoms with E-state index >= 15 is 0 Å². The average molecular weight is 351 g/mol. The summed E-state index contributed by atoms with van der Waals surface area (Å²) in [5.74, 6) is 0. The van der Waals surface area contributed by atoms with E-state index in [-0.39, 0.29) is 0 Å². The topological polar surface area (TPSA) is 43.6 Å². The lowest BCUT2D eigenvalue weighted by molar-refractivity contribution is 1.06. The van der Waals surface area contributed by atoms with Crippen LogP contribution < -0.4 is 0 Å². The second kappa shape index (κ2) is 5.35. The molecule has 0 saturated carbocycles. The van der Waals surface area contributed by atoms with Crippen LogP contribution in [0.3, 0.4) is 0 Å². The molecule has 106 valence electrons. The van der Waals surface area contributed by atoms with E-state index in [1.807, 2.05) is 35.0 Å². The van der Waals surface area contributed by atoms with E-state index in [4.69, 9.17) is 4.98 Å². The summed E-state index contributed by atoms with van der Waals surface area (Å²) in [5.41, 5.74) is 3.95. The van der Waals surface area contributed by atoms with Gasteiger partial charge in [0.2, 0.25) is 0 Å². The Bertz CT molecular complexity index is 934. The Morgan fingerprint density at radius 3 is 2.55 bits per heavy atom. The molecular formula is C17H11BrN4. The van der Waals surface area contributed by atoms with Gasteiger partial charge in [0.1, 0.15) is 0 Å². The summed E-state index contributed by atoms with van der Waals surface area (Å²) in [6.45, 7) is 0. The minimum Gasteiger partial charge on any atom is -0.306 e. The first kappa shape index (κ1) is 13.2. The third-order valence-electron chi connectivity index (χ3n) is 3.51. The third kappa shape index (κ3) is 2.29. The predicted molar refractivity (Wildman–Crippen MR) is 89.8 cm³/mol. The van der Waals surface area contributed by atoms with Gasteiger partial charge < -0.3 is 4.57 Å². The molecule has 0 aliphatic carbocycles. The van der Waals surface area contributed by atoms with Crippen molar-refractivity contribution in [3.8, 4) is 16.9 Å². The van der Waals surface area contributed by atoms with Gasteiger partial charge in [0.25, 0.3) is 0 Å². The van der Waals surface area contributed by atoms with Gasteiger partial charge in [0, 0.05) is 40.2 Å². The highest BCUT2D eigenvalue weighted by Crippen LogP contribution is 2.28. The van der Waals surface area contributed by atoms with Crippen LogP contribution in [0.25, 0.3) is 27.8 Å². The van der Waals surface area contributed by atoms with Gasteiger partial charge in [-0.1, -0.05) is 15.9 Å². The molecule has 0 amide bonds. The Morgan fingerprint density at radius 1 is 0.909 bits per heavy atom. The fourth-order valence-electron chi connectivity index (χ4n) is 2.47. The van der Waals surface area contributed by atoms with Crippen LogP contribution in [0.1, 0.15) is 0 Å². The highest BCUT2D eigenvalue weighted by molar-refractivity contribution is 9.10. The van der Waals surface area contributed by atoms with Crippen molar-refractivity contribution in [2.45, 2.75) is 0 Å². The van der Waals surface area contributed by atoms with Gasteiger partial charge >= 0.3 is 0 Å². The largest absolute Gasteiger partial charge is 0.306 e. The van der Waals surface area contributed by atoms with E-state index in [0.29, 0.717) is 0 Å². The van der Waals surface area contributed by atoms with Crippen molar-refractivity contribution in [3.63, 3.8) is 0 Å². The molecule has 0 aliphatic rings. The third-order valence-corrected chi connectivity index (χ3v) is 4.00. The minimum atomic E-state index is 0.914. The lowest BCUT2D eigenvalue weighted by atomic mass is 10.1. The van der Waals surface area contributed by atoms with Gasteiger partial charge in [-0.2, -0.15) is 0 Å². The van der Waals surface area contributed by atoms with Crippen LogP contribution in [0, 0.1) is 0 Å². The Morgan fingerprint density at radius 2 is 1.77 bits per heavy atom. The molecule has 1 aromatic carbocycles. The zero-order valence-corrected chi connectivity index (χ0v) is 13.1. The van der Waals surface area contributed by atoms with Gasteiger partial charge in [0.05, 0.1) is 23.2 Å². The Kier molecular flexibility index (Phi) is 3.20. The summed E-state index contributed by atoms with van der Waals surface area (Å²) in [4.78, 5) is 13.0. The van der Waals surface area contributed by atoms with Crippen LogP contribution in [0.2, 0.25) is 0 Å². The molecule has 0 saturated heterocycles. The average Bonchev–Trinajstić information content (AvgIpc) is 3.08. The zero-order chi connectivity index (χ0) is 14.9. The van der Waals surface area contributed by atoms with Crippen molar-refractivity contribution in [2.24, 2.45) is 0 Å². The number of pyridine rings is 2.